The van der Waals surface area contributed by atoms with Gasteiger partial charge in [-0.15, -0.1) is 0 Å². The highest BCUT2D eigenvalue weighted by Crippen LogP contribution is 2.25. The number of piperidine rings is 1. The zero-order chi connectivity index (χ0) is 13.1. The Morgan fingerprint density at radius 3 is 2.41 bits per heavy atom. The molecule has 0 aliphatic carbocycles. The van der Waals surface area contributed by atoms with Crippen molar-refractivity contribution >= 4 is 10.1 Å². The average molecular weight is 263 g/mol. The third-order valence-corrected chi connectivity index (χ3v) is 4.69. The minimum Gasteiger partial charge on any atom is -0.283 e. The van der Waals surface area contributed by atoms with Crippen LogP contribution in [-0.4, -0.2) is 37.9 Å². The Hall–Kier alpha value is -0.130. The van der Waals surface area contributed by atoms with Crippen LogP contribution in [0, 0.1) is 5.92 Å². The van der Waals surface area contributed by atoms with Crippen molar-refractivity contribution < 1.29 is 12.6 Å². The van der Waals surface area contributed by atoms with Gasteiger partial charge in [-0.3, -0.25) is 9.08 Å². The molecule has 17 heavy (non-hydrogen) atoms. The molecular weight excluding hydrogens is 238 g/mol. The lowest BCUT2D eigenvalue weighted by molar-refractivity contribution is 0.142. The fourth-order valence-electron chi connectivity index (χ4n) is 2.13. The molecule has 1 atom stereocenters. The molecule has 0 radical (unpaired) electrons. The van der Waals surface area contributed by atoms with E-state index in [-0.39, 0.29) is 18.6 Å². The summed E-state index contributed by atoms with van der Waals surface area (Å²) in [5, 5.41) is -0.449. The zero-order valence-electron chi connectivity index (χ0n) is 11.3. The molecule has 102 valence electrons. The van der Waals surface area contributed by atoms with Crippen LogP contribution in [0.15, 0.2) is 0 Å². The molecule has 0 spiro atoms. The monoisotopic (exact) mass is 263 g/mol. The van der Waals surface area contributed by atoms with Crippen LogP contribution in [0.3, 0.4) is 0 Å². The maximum Gasteiger partial charge on any atom is 0.283 e. The highest BCUT2D eigenvalue weighted by Gasteiger charge is 2.35. The van der Waals surface area contributed by atoms with Crippen LogP contribution in [-0.2, 0) is 14.3 Å². The smallest absolute Gasteiger partial charge is 0.283 e. The largest absolute Gasteiger partial charge is 0.283 e. The molecule has 0 bridgehead atoms. The lowest BCUT2D eigenvalue weighted by Gasteiger charge is -2.37. The van der Waals surface area contributed by atoms with Crippen LogP contribution in [0.5, 0.6) is 0 Å². The van der Waals surface area contributed by atoms with Gasteiger partial charge in [0, 0.05) is 6.04 Å². The maximum atomic E-state index is 12.1. The molecule has 1 unspecified atom stereocenters. The van der Waals surface area contributed by atoms with Crippen molar-refractivity contribution in [2.75, 3.05) is 13.2 Å². The summed E-state index contributed by atoms with van der Waals surface area (Å²) >= 11 is 0. The highest BCUT2D eigenvalue weighted by molar-refractivity contribution is 7.87. The number of hydrogen-bond donors (Lipinski definition) is 0. The SMILES string of the molecule is CC(C)COS(=O)(=O)C1CCCCN1C(C)C. The number of rotatable bonds is 5. The van der Waals surface area contributed by atoms with E-state index in [0.29, 0.717) is 6.42 Å². The Kier molecular flexibility index (Phi) is 5.41. The van der Waals surface area contributed by atoms with Crippen LogP contribution in [0.2, 0.25) is 0 Å². The third-order valence-electron chi connectivity index (χ3n) is 3.05. The fourth-order valence-corrected chi connectivity index (χ4v) is 3.89. The van der Waals surface area contributed by atoms with Gasteiger partial charge in [0.1, 0.15) is 5.37 Å². The number of nitrogens with zero attached hydrogens (tertiary/aromatic N) is 1. The van der Waals surface area contributed by atoms with E-state index in [2.05, 4.69) is 0 Å². The molecule has 4 nitrogen and oxygen atoms in total. The molecule has 1 saturated heterocycles. The summed E-state index contributed by atoms with van der Waals surface area (Å²) in [5.41, 5.74) is 0. The van der Waals surface area contributed by atoms with Crippen molar-refractivity contribution in [2.45, 2.75) is 58.4 Å². The summed E-state index contributed by atoms with van der Waals surface area (Å²) in [6.45, 7) is 9.12. The Morgan fingerprint density at radius 1 is 1.24 bits per heavy atom. The van der Waals surface area contributed by atoms with E-state index in [1.807, 2.05) is 32.6 Å². The minimum atomic E-state index is -3.45. The predicted octanol–water partition coefficient (Wildman–Crippen LogP) is 2.21. The van der Waals surface area contributed by atoms with Gasteiger partial charge < -0.3 is 0 Å². The van der Waals surface area contributed by atoms with E-state index in [0.717, 1.165) is 19.4 Å². The molecule has 0 aromatic carbocycles. The van der Waals surface area contributed by atoms with E-state index in [4.69, 9.17) is 4.18 Å². The second kappa shape index (κ2) is 6.16. The van der Waals surface area contributed by atoms with Gasteiger partial charge in [0.05, 0.1) is 6.61 Å². The molecule has 1 fully saturated rings. The zero-order valence-corrected chi connectivity index (χ0v) is 12.2. The van der Waals surface area contributed by atoms with Crippen molar-refractivity contribution in [3.63, 3.8) is 0 Å². The minimum absolute atomic E-state index is 0.237. The van der Waals surface area contributed by atoms with Crippen molar-refractivity contribution in [3.8, 4) is 0 Å². The van der Waals surface area contributed by atoms with Gasteiger partial charge in [0.25, 0.3) is 10.1 Å². The van der Waals surface area contributed by atoms with E-state index >= 15 is 0 Å². The maximum absolute atomic E-state index is 12.1. The molecule has 1 aliphatic rings. The van der Waals surface area contributed by atoms with Gasteiger partial charge in [-0.1, -0.05) is 13.8 Å². The summed E-state index contributed by atoms with van der Waals surface area (Å²) < 4.78 is 29.4. The van der Waals surface area contributed by atoms with E-state index in [1.54, 1.807) is 0 Å². The lowest BCUT2D eigenvalue weighted by Crippen LogP contribution is -2.48. The molecule has 1 heterocycles. The van der Waals surface area contributed by atoms with Gasteiger partial charge in [-0.05, 0) is 45.6 Å². The molecular formula is C12H25NO3S. The molecule has 0 saturated carbocycles. The topological polar surface area (TPSA) is 46.6 Å². The predicted molar refractivity (Wildman–Crippen MR) is 69.2 cm³/mol. The quantitative estimate of drug-likeness (QED) is 0.714. The van der Waals surface area contributed by atoms with Gasteiger partial charge in [0.15, 0.2) is 0 Å². The summed E-state index contributed by atoms with van der Waals surface area (Å²) in [4.78, 5) is 2.04. The van der Waals surface area contributed by atoms with Crippen molar-refractivity contribution in [1.29, 1.82) is 0 Å². The molecule has 1 aliphatic heterocycles. The summed E-state index contributed by atoms with van der Waals surface area (Å²) in [6.07, 6.45) is 2.74. The Labute approximate surface area is 105 Å². The van der Waals surface area contributed by atoms with Gasteiger partial charge in [-0.25, -0.2) is 0 Å². The van der Waals surface area contributed by atoms with Gasteiger partial charge in [-0.2, -0.15) is 8.42 Å². The first kappa shape index (κ1) is 14.9. The van der Waals surface area contributed by atoms with Crippen molar-refractivity contribution in [3.05, 3.63) is 0 Å². The summed E-state index contributed by atoms with van der Waals surface area (Å²) in [6, 6.07) is 0.248. The summed E-state index contributed by atoms with van der Waals surface area (Å²) in [5.74, 6) is 0.237. The average Bonchev–Trinajstić information content (AvgIpc) is 2.26. The Balaban J connectivity index is 2.73. The van der Waals surface area contributed by atoms with Crippen LogP contribution in [0.4, 0.5) is 0 Å². The van der Waals surface area contributed by atoms with E-state index < -0.39 is 15.5 Å². The lowest BCUT2D eigenvalue weighted by atomic mass is 10.1. The van der Waals surface area contributed by atoms with Crippen LogP contribution < -0.4 is 0 Å². The summed E-state index contributed by atoms with van der Waals surface area (Å²) in [7, 11) is -3.45. The third kappa shape index (κ3) is 4.23. The standard InChI is InChI=1S/C12H25NO3S/c1-10(2)9-16-17(14,15)12-7-5-6-8-13(12)11(3)4/h10-12H,5-9H2,1-4H3. The first-order valence-electron chi connectivity index (χ1n) is 6.48. The Morgan fingerprint density at radius 2 is 1.88 bits per heavy atom. The van der Waals surface area contributed by atoms with Crippen LogP contribution >= 0.6 is 0 Å². The van der Waals surface area contributed by atoms with E-state index in [9.17, 15) is 8.42 Å². The van der Waals surface area contributed by atoms with Gasteiger partial charge in [0.2, 0.25) is 0 Å². The molecule has 1 rings (SSSR count). The van der Waals surface area contributed by atoms with Crippen LogP contribution in [0.1, 0.15) is 47.0 Å². The normalized spacial score (nSPS) is 23.5. The highest BCUT2D eigenvalue weighted by atomic mass is 32.2. The first-order valence-corrected chi connectivity index (χ1v) is 7.95. The van der Waals surface area contributed by atoms with Crippen molar-refractivity contribution in [1.82, 2.24) is 4.90 Å². The Bertz CT molecular complexity index is 325. The molecule has 0 amide bonds. The van der Waals surface area contributed by atoms with Crippen molar-refractivity contribution in [2.24, 2.45) is 5.92 Å². The molecule has 5 heteroatoms. The number of hydrogen-bond acceptors (Lipinski definition) is 4. The molecule has 0 N–H and O–H groups in total. The first-order chi connectivity index (χ1) is 7.84. The van der Waals surface area contributed by atoms with Gasteiger partial charge >= 0.3 is 0 Å². The second-order valence-electron chi connectivity index (χ2n) is 5.45. The number of likely N-dealkylation sites (tertiary alicyclic amines) is 1. The fraction of sp³-hybridized carbons (Fsp3) is 1.00. The second-order valence-corrected chi connectivity index (χ2v) is 7.22. The van der Waals surface area contributed by atoms with E-state index in [1.165, 1.54) is 0 Å². The molecule has 0 aromatic heterocycles. The molecule has 0 aromatic rings. The van der Waals surface area contributed by atoms with Crippen LogP contribution in [0.25, 0.3) is 0 Å².